The number of hydrogen-bond donors (Lipinski definition) is 1. The van der Waals surface area contributed by atoms with Gasteiger partial charge in [-0.1, -0.05) is 58.8 Å². The number of hydrogen-bond acceptors (Lipinski definition) is 3. The van der Waals surface area contributed by atoms with Crippen molar-refractivity contribution in [2.24, 2.45) is 0 Å². The van der Waals surface area contributed by atoms with Crippen LogP contribution in [-0.2, 0) is 5.16 Å². The van der Waals surface area contributed by atoms with Crippen molar-refractivity contribution in [3.8, 4) is 11.5 Å². The van der Waals surface area contributed by atoms with Crippen LogP contribution in [0.25, 0.3) is 0 Å². The van der Waals surface area contributed by atoms with E-state index < -0.39 is 0 Å². The quantitative estimate of drug-likeness (QED) is 0.637. The van der Waals surface area contributed by atoms with E-state index in [4.69, 9.17) is 4.74 Å². The van der Waals surface area contributed by atoms with Crippen LogP contribution in [0.15, 0.2) is 42.5 Å². The predicted molar refractivity (Wildman–Crippen MR) is 96.7 cm³/mol. The Kier molecular flexibility index (Phi) is 5.43. The number of para-hydroxylation sites is 1. The van der Waals surface area contributed by atoms with Crippen LogP contribution >= 0.6 is 8.58 Å². The highest BCUT2D eigenvalue weighted by Gasteiger charge is 2.30. The molecule has 0 fully saturated rings. The van der Waals surface area contributed by atoms with Crippen molar-refractivity contribution in [1.82, 2.24) is 0 Å². The molecule has 2 unspecified atom stereocenters. The summed E-state index contributed by atoms with van der Waals surface area (Å²) in [5.74, 6) is 0.736. The second-order valence-electron chi connectivity index (χ2n) is 5.77. The lowest BCUT2D eigenvalue weighted by Gasteiger charge is -2.31. The lowest BCUT2D eigenvalue weighted by molar-refractivity contribution is 0.101. The molecular weight excluding hydrogens is 307 g/mol. The molecule has 0 bridgehead atoms. The first-order chi connectivity index (χ1) is 10.9. The van der Waals surface area contributed by atoms with Gasteiger partial charge in [-0.15, -0.1) is 0 Å². The molecule has 0 radical (unpaired) electrons. The molecule has 0 aromatic heterocycles. The fourth-order valence-corrected chi connectivity index (χ4v) is 4.36. The summed E-state index contributed by atoms with van der Waals surface area (Å²) in [5, 5.41) is 11.3. The first kappa shape index (κ1) is 17.5. The fourth-order valence-electron chi connectivity index (χ4n) is 2.67. The Morgan fingerprint density at radius 1 is 1.22 bits per heavy atom. The van der Waals surface area contributed by atoms with Crippen LogP contribution in [0.1, 0.15) is 43.1 Å². The van der Waals surface area contributed by atoms with Gasteiger partial charge in [0.1, 0.15) is 0 Å². The molecule has 1 N–H and O–H groups in total. The van der Waals surface area contributed by atoms with Crippen LogP contribution < -0.4 is 10.0 Å². The van der Waals surface area contributed by atoms with Gasteiger partial charge in [0.05, 0.1) is 7.11 Å². The van der Waals surface area contributed by atoms with Crippen LogP contribution in [0.5, 0.6) is 11.5 Å². The highest BCUT2D eigenvalue weighted by Crippen LogP contribution is 2.49. The number of phenolic OH excluding ortho intramolecular Hbond substituents is 1. The molecule has 4 heteroatoms. The van der Waals surface area contributed by atoms with Gasteiger partial charge in [-0.25, -0.2) is 0 Å². The molecule has 0 saturated carbocycles. The summed E-state index contributed by atoms with van der Waals surface area (Å²) in [6.07, 6.45) is 0.846. The molecule has 0 saturated heterocycles. The first-order valence-electron chi connectivity index (χ1n) is 7.67. The zero-order chi connectivity index (χ0) is 17.0. The van der Waals surface area contributed by atoms with Crippen molar-refractivity contribution in [3.63, 3.8) is 0 Å². The molecule has 0 amide bonds. The van der Waals surface area contributed by atoms with E-state index in [2.05, 4.69) is 13.8 Å². The lowest BCUT2D eigenvalue weighted by atomic mass is 9.96. The Bertz CT molecular complexity index is 712. The molecule has 0 spiro atoms. The van der Waals surface area contributed by atoms with E-state index in [9.17, 15) is 9.90 Å². The van der Waals surface area contributed by atoms with Gasteiger partial charge in [0.25, 0.3) is 0 Å². The van der Waals surface area contributed by atoms with E-state index in [1.807, 2.05) is 36.4 Å². The van der Waals surface area contributed by atoms with Crippen molar-refractivity contribution in [2.45, 2.75) is 32.3 Å². The molecule has 0 aliphatic carbocycles. The number of carbonyl (C=O) groups is 1. The minimum Gasteiger partial charge on any atom is -0.504 e. The highest BCUT2D eigenvalue weighted by atomic mass is 31.1. The average molecular weight is 330 g/mol. The molecule has 0 heterocycles. The predicted octanol–water partition coefficient (Wildman–Crippen LogP) is 4.23. The summed E-state index contributed by atoms with van der Waals surface area (Å²) in [7, 11) is 1.93. The van der Waals surface area contributed by atoms with Gasteiger partial charge in [0.2, 0.25) is 0 Å². The number of aromatic hydroxyl groups is 1. The Morgan fingerprint density at radius 2 is 1.91 bits per heavy atom. The summed E-state index contributed by atoms with van der Waals surface area (Å²) in [4.78, 5) is 11.9. The first-order valence-corrected chi connectivity index (χ1v) is 8.67. The molecule has 122 valence electrons. The number of carbonyl (C=O) groups excluding carboxylic acids is 1. The SMILES string of the molecule is CCC(C)(Pc1ccccc1C(C)=O)c1cccc(OC)c1O. The highest BCUT2D eigenvalue weighted by molar-refractivity contribution is 7.48. The summed E-state index contributed by atoms with van der Waals surface area (Å²) >= 11 is 0. The Hall–Kier alpha value is -1.86. The third-order valence-electron chi connectivity index (χ3n) is 4.24. The Morgan fingerprint density at radius 3 is 2.52 bits per heavy atom. The second-order valence-corrected chi connectivity index (χ2v) is 7.66. The molecule has 2 atom stereocenters. The van der Waals surface area contributed by atoms with E-state index in [1.54, 1.807) is 20.1 Å². The zero-order valence-electron chi connectivity index (χ0n) is 14.0. The third kappa shape index (κ3) is 3.56. The lowest BCUT2D eigenvalue weighted by Crippen LogP contribution is -2.21. The second kappa shape index (κ2) is 7.14. The van der Waals surface area contributed by atoms with Crippen molar-refractivity contribution < 1.29 is 14.6 Å². The van der Waals surface area contributed by atoms with Crippen molar-refractivity contribution in [2.75, 3.05) is 7.11 Å². The maximum atomic E-state index is 11.9. The van der Waals surface area contributed by atoms with Gasteiger partial charge in [-0.05, 0) is 24.7 Å². The number of benzene rings is 2. The monoisotopic (exact) mass is 330 g/mol. The smallest absolute Gasteiger partial charge is 0.161 e. The van der Waals surface area contributed by atoms with Crippen molar-refractivity contribution >= 4 is 19.7 Å². The van der Waals surface area contributed by atoms with Crippen molar-refractivity contribution in [1.29, 1.82) is 0 Å². The van der Waals surface area contributed by atoms with Crippen LogP contribution in [0.4, 0.5) is 0 Å². The number of Topliss-reactive ketones (excluding diaryl/α,β-unsaturated/α-hetero) is 1. The van der Waals surface area contributed by atoms with Gasteiger partial charge in [0.15, 0.2) is 17.3 Å². The zero-order valence-corrected chi connectivity index (χ0v) is 15.0. The van der Waals surface area contributed by atoms with Crippen molar-refractivity contribution in [3.05, 3.63) is 53.6 Å². The fraction of sp³-hybridized carbons (Fsp3) is 0.316. The Labute approximate surface area is 139 Å². The standard InChI is InChI=1S/C19H23O3P/c1-5-19(3,15-10-8-11-16(22-4)18(15)21)23-17-12-7-6-9-14(17)13(2)20/h6-12,21,23H,5H2,1-4H3. The minimum atomic E-state index is -0.260. The maximum Gasteiger partial charge on any atom is 0.161 e. The summed E-state index contributed by atoms with van der Waals surface area (Å²) < 4.78 is 5.24. The van der Waals surface area contributed by atoms with Gasteiger partial charge >= 0.3 is 0 Å². The maximum absolute atomic E-state index is 11.9. The van der Waals surface area contributed by atoms with E-state index in [0.717, 1.165) is 22.9 Å². The number of ketones is 1. The largest absolute Gasteiger partial charge is 0.504 e. The van der Waals surface area contributed by atoms with Crippen LogP contribution in [0.3, 0.4) is 0 Å². The molecule has 0 aliphatic heterocycles. The Balaban J connectivity index is 2.49. The van der Waals surface area contributed by atoms with Crippen LogP contribution in [0, 0.1) is 0 Å². The minimum absolute atomic E-state index is 0.0708. The summed E-state index contributed by atoms with van der Waals surface area (Å²) in [6.45, 7) is 5.81. The van der Waals surface area contributed by atoms with Gasteiger partial charge in [0, 0.05) is 16.3 Å². The van der Waals surface area contributed by atoms with E-state index in [0.29, 0.717) is 14.3 Å². The number of ether oxygens (including phenoxy) is 1. The average Bonchev–Trinajstić information content (AvgIpc) is 2.55. The molecule has 2 aromatic carbocycles. The molecule has 2 aromatic rings. The van der Waals surface area contributed by atoms with Crippen LogP contribution in [-0.4, -0.2) is 18.0 Å². The molecular formula is C19H23O3P. The van der Waals surface area contributed by atoms with Gasteiger partial charge in [-0.3, -0.25) is 4.79 Å². The van der Waals surface area contributed by atoms with Gasteiger partial charge in [-0.2, -0.15) is 0 Å². The molecule has 0 aliphatic rings. The van der Waals surface area contributed by atoms with Gasteiger partial charge < -0.3 is 9.84 Å². The third-order valence-corrected chi connectivity index (χ3v) is 6.12. The van der Waals surface area contributed by atoms with E-state index >= 15 is 0 Å². The number of phenols is 1. The van der Waals surface area contributed by atoms with E-state index in [1.165, 1.54) is 0 Å². The normalized spacial score (nSPS) is 13.9. The molecule has 23 heavy (non-hydrogen) atoms. The number of methoxy groups -OCH3 is 1. The summed E-state index contributed by atoms with van der Waals surface area (Å²) in [6, 6.07) is 13.3. The number of rotatable bonds is 6. The molecule has 3 nitrogen and oxygen atoms in total. The van der Waals surface area contributed by atoms with E-state index in [-0.39, 0.29) is 16.7 Å². The van der Waals surface area contributed by atoms with Crippen LogP contribution in [0.2, 0.25) is 0 Å². The molecule has 2 rings (SSSR count). The summed E-state index contributed by atoms with van der Waals surface area (Å²) in [5.41, 5.74) is 1.61. The topological polar surface area (TPSA) is 46.5 Å².